The van der Waals surface area contributed by atoms with E-state index < -0.39 is 10.0 Å². The van der Waals surface area contributed by atoms with E-state index in [1.807, 2.05) is 6.92 Å². The van der Waals surface area contributed by atoms with Gasteiger partial charge < -0.3 is 4.98 Å². The largest absolute Gasteiger partial charge is 0.332 e. The van der Waals surface area contributed by atoms with Crippen molar-refractivity contribution >= 4 is 15.8 Å². The molecule has 0 saturated heterocycles. The minimum atomic E-state index is -3.67. The van der Waals surface area contributed by atoms with E-state index in [-0.39, 0.29) is 10.8 Å². The molecule has 0 saturated carbocycles. The number of aromatic nitrogens is 4. The van der Waals surface area contributed by atoms with Crippen LogP contribution in [-0.2, 0) is 16.4 Å². The van der Waals surface area contributed by atoms with Gasteiger partial charge in [0.2, 0.25) is 0 Å². The van der Waals surface area contributed by atoms with Gasteiger partial charge in [-0.3, -0.25) is 4.72 Å². The summed E-state index contributed by atoms with van der Waals surface area (Å²) in [6.45, 7) is 1.88. The van der Waals surface area contributed by atoms with Gasteiger partial charge >= 0.3 is 0 Å². The lowest BCUT2D eigenvalue weighted by atomic mass is 10.5. The minimum Gasteiger partial charge on any atom is -0.332 e. The molecule has 2 aromatic rings. The van der Waals surface area contributed by atoms with Crippen LogP contribution in [0.15, 0.2) is 29.6 Å². The Morgan fingerprint density at radius 1 is 1.47 bits per heavy atom. The fraction of sp³-hybridized carbons (Fsp3) is 0.222. The van der Waals surface area contributed by atoms with Crippen LogP contribution in [-0.4, -0.2) is 28.6 Å². The van der Waals surface area contributed by atoms with E-state index in [1.165, 1.54) is 18.5 Å². The van der Waals surface area contributed by atoms with Crippen molar-refractivity contribution in [3.8, 4) is 0 Å². The van der Waals surface area contributed by atoms with Gasteiger partial charge in [0.1, 0.15) is 5.82 Å². The van der Waals surface area contributed by atoms with Crippen molar-refractivity contribution in [1.82, 2.24) is 20.2 Å². The first-order chi connectivity index (χ1) is 8.12. The SMILES string of the molecule is CCc1ncc(S(=O)(=O)Nc2cccnn2)[nH]1. The fourth-order valence-electron chi connectivity index (χ4n) is 1.21. The molecule has 0 aromatic carbocycles. The summed E-state index contributed by atoms with van der Waals surface area (Å²) in [7, 11) is -3.67. The van der Waals surface area contributed by atoms with Crippen molar-refractivity contribution in [3.63, 3.8) is 0 Å². The zero-order chi connectivity index (χ0) is 12.3. The Balaban J connectivity index is 2.25. The molecule has 0 radical (unpaired) electrons. The Bertz CT molecular complexity index is 593. The van der Waals surface area contributed by atoms with Gasteiger partial charge in [-0.25, -0.2) is 4.98 Å². The Kier molecular flexibility index (Phi) is 3.05. The summed E-state index contributed by atoms with van der Waals surface area (Å²) in [5.41, 5.74) is 0. The molecule has 0 aliphatic heterocycles. The average Bonchev–Trinajstić information content (AvgIpc) is 2.79. The number of nitrogens with zero attached hydrogens (tertiary/aromatic N) is 3. The van der Waals surface area contributed by atoms with Crippen molar-refractivity contribution in [2.45, 2.75) is 18.4 Å². The van der Waals surface area contributed by atoms with Crippen LogP contribution in [0.3, 0.4) is 0 Å². The standard InChI is InChI=1S/C9H11N5O2S/c1-2-7-10-6-9(12-7)17(15,16)14-8-4-3-5-11-13-8/h3-6H,2H2,1H3,(H,10,12)(H,13,14). The van der Waals surface area contributed by atoms with Gasteiger partial charge in [-0.2, -0.15) is 13.5 Å². The number of imidazole rings is 1. The maximum atomic E-state index is 11.9. The first-order valence-electron chi connectivity index (χ1n) is 4.96. The Morgan fingerprint density at radius 2 is 2.29 bits per heavy atom. The number of nitrogens with one attached hydrogen (secondary N) is 2. The summed E-state index contributed by atoms with van der Waals surface area (Å²) in [5, 5.41) is 7.24. The van der Waals surface area contributed by atoms with Gasteiger partial charge in [0.15, 0.2) is 10.8 Å². The molecule has 0 fully saturated rings. The molecule has 0 atom stereocenters. The van der Waals surface area contributed by atoms with Crippen molar-refractivity contribution in [3.05, 3.63) is 30.4 Å². The van der Waals surface area contributed by atoms with Gasteiger partial charge in [0.25, 0.3) is 10.0 Å². The quantitative estimate of drug-likeness (QED) is 0.829. The highest BCUT2D eigenvalue weighted by atomic mass is 32.2. The third kappa shape index (κ3) is 2.59. The second-order valence-electron chi connectivity index (χ2n) is 3.26. The minimum absolute atomic E-state index is 0.0139. The molecule has 2 N–H and O–H groups in total. The monoisotopic (exact) mass is 253 g/mol. The normalized spacial score (nSPS) is 11.4. The number of anilines is 1. The fourth-order valence-corrected chi connectivity index (χ4v) is 2.15. The maximum Gasteiger partial charge on any atom is 0.280 e. The molecule has 0 bridgehead atoms. The Morgan fingerprint density at radius 3 is 2.88 bits per heavy atom. The van der Waals surface area contributed by atoms with E-state index in [1.54, 1.807) is 6.07 Å². The zero-order valence-electron chi connectivity index (χ0n) is 9.08. The molecule has 90 valence electrons. The second-order valence-corrected chi connectivity index (χ2v) is 4.91. The van der Waals surface area contributed by atoms with Gasteiger partial charge in [-0.1, -0.05) is 6.92 Å². The van der Waals surface area contributed by atoms with Crippen LogP contribution in [0.1, 0.15) is 12.7 Å². The molecule has 2 aromatic heterocycles. The van der Waals surface area contributed by atoms with Crippen LogP contribution in [0.5, 0.6) is 0 Å². The van der Waals surface area contributed by atoms with Crippen molar-refractivity contribution in [2.24, 2.45) is 0 Å². The summed E-state index contributed by atoms with van der Waals surface area (Å²) >= 11 is 0. The molecule has 0 aliphatic carbocycles. The molecule has 17 heavy (non-hydrogen) atoms. The number of aromatic amines is 1. The molecule has 0 amide bonds. The molecule has 8 heteroatoms. The van der Waals surface area contributed by atoms with E-state index in [0.717, 1.165) is 0 Å². The summed E-state index contributed by atoms with van der Waals surface area (Å²) in [4.78, 5) is 6.65. The van der Waals surface area contributed by atoms with Gasteiger partial charge in [0.05, 0.1) is 6.20 Å². The maximum absolute atomic E-state index is 11.9. The zero-order valence-corrected chi connectivity index (χ0v) is 9.90. The summed E-state index contributed by atoms with van der Waals surface area (Å²) in [6, 6.07) is 3.11. The van der Waals surface area contributed by atoms with Crippen LogP contribution in [0.2, 0.25) is 0 Å². The van der Waals surface area contributed by atoms with E-state index in [0.29, 0.717) is 12.2 Å². The van der Waals surface area contributed by atoms with Gasteiger partial charge in [-0.15, -0.1) is 5.10 Å². The predicted octanol–water partition coefficient (Wildman–Crippen LogP) is 0.563. The van der Waals surface area contributed by atoms with E-state index in [4.69, 9.17) is 0 Å². The first-order valence-corrected chi connectivity index (χ1v) is 6.44. The van der Waals surface area contributed by atoms with Crippen molar-refractivity contribution in [2.75, 3.05) is 4.72 Å². The van der Waals surface area contributed by atoms with Gasteiger partial charge in [0, 0.05) is 12.6 Å². The topological polar surface area (TPSA) is 101 Å². The summed E-state index contributed by atoms with van der Waals surface area (Å²) < 4.78 is 26.1. The van der Waals surface area contributed by atoms with E-state index in [9.17, 15) is 8.42 Å². The van der Waals surface area contributed by atoms with Crippen LogP contribution in [0, 0.1) is 0 Å². The second kappa shape index (κ2) is 4.50. The van der Waals surface area contributed by atoms with Crippen molar-refractivity contribution in [1.29, 1.82) is 0 Å². The summed E-state index contributed by atoms with van der Waals surface area (Å²) in [5.74, 6) is 0.782. The lowest BCUT2D eigenvalue weighted by molar-refractivity contribution is 0.597. The molecule has 0 unspecified atom stereocenters. The number of hydrogen-bond donors (Lipinski definition) is 2. The molecular weight excluding hydrogens is 242 g/mol. The van der Waals surface area contributed by atoms with Crippen LogP contribution < -0.4 is 4.72 Å². The smallest absolute Gasteiger partial charge is 0.280 e. The number of hydrogen-bond acceptors (Lipinski definition) is 5. The third-order valence-corrected chi connectivity index (χ3v) is 3.31. The van der Waals surface area contributed by atoms with Crippen LogP contribution >= 0.6 is 0 Å². The number of aryl methyl sites for hydroxylation is 1. The lowest BCUT2D eigenvalue weighted by Gasteiger charge is -2.03. The number of sulfonamides is 1. The van der Waals surface area contributed by atoms with Crippen molar-refractivity contribution < 1.29 is 8.42 Å². The summed E-state index contributed by atoms with van der Waals surface area (Å²) in [6.07, 6.45) is 3.38. The Hall–Kier alpha value is -1.96. The first kappa shape index (κ1) is 11.5. The van der Waals surface area contributed by atoms with Crippen LogP contribution in [0.25, 0.3) is 0 Å². The van der Waals surface area contributed by atoms with Gasteiger partial charge in [-0.05, 0) is 12.1 Å². The highest BCUT2D eigenvalue weighted by Crippen LogP contribution is 2.11. The highest BCUT2D eigenvalue weighted by Gasteiger charge is 2.17. The molecule has 7 nitrogen and oxygen atoms in total. The van der Waals surface area contributed by atoms with E-state index >= 15 is 0 Å². The third-order valence-electron chi connectivity index (χ3n) is 2.04. The number of rotatable bonds is 4. The molecule has 2 heterocycles. The Labute approximate surface area is 98.4 Å². The lowest BCUT2D eigenvalue weighted by Crippen LogP contribution is -2.14. The molecule has 0 aliphatic rings. The number of H-pyrrole nitrogens is 1. The molecular formula is C9H11N5O2S. The van der Waals surface area contributed by atoms with E-state index in [2.05, 4.69) is 24.9 Å². The molecule has 0 spiro atoms. The van der Waals surface area contributed by atoms with Crippen LogP contribution in [0.4, 0.5) is 5.82 Å². The average molecular weight is 253 g/mol. The highest BCUT2D eigenvalue weighted by molar-refractivity contribution is 7.92. The molecule has 2 rings (SSSR count). The predicted molar refractivity (Wildman–Crippen MR) is 60.8 cm³/mol.